The molecule has 168 valence electrons. The molecule has 0 saturated carbocycles. The summed E-state index contributed by atoms with van der Waals surface area (Å²) < 4.78 is 11.3. The van der Waals surface area contributed by atoms with E-state index in [2.05, 4.69) is 24.0 Å². The molecule has 1 aliphatic rings. The Morgan fingerprint density at radius 2 is 1.88 bits per heavy atom. The van der Waals surface area contributed by atoms with Gasteiger partial charge in [-0.1, -0.05) is 56.4 Å². The lowest BCUT2D eigenvalue weighted by atomic mass is 9.95. The van der Waals surface area contributed by atoms with E-state index in [1.54, 1.807) is 18.2 Å². The third kappa shape index (κ3) is 3.41. The molecule has 0 fully saturated rings. The third-order valence-corrected chi connectivity index (χ3v) is 7.03. The number of hydrogen-bond acceptors (Lipinski definition) is 7. The van der Waals surface area contributed by atoms with Gasteiger partial charge in [-0.3, -0.25) is 14.5 Å². The van der Waals surface area contributed by atoms with Crippen molar-refractivity contribution in [1.82, 2.24) is 10.2 Å². The van der Waals surface area contributed by atoms with Gasteiger partial charge in [0.1, 0.15) is 16.3 Å². The lowest BCUT2D eigenvalue weighted by Crippen LogP contribution is -2.29. The van der Waals surface area contributed by atoms with E-state index in [0.717, 1.165) is 10.6 Å². The van der Waals surface area contributed by atoms with Crippen molar-refractivity contribution in [3.05, 3.63) is 80.1 Å². The largest absolute Gasteiger partial charge is 0.497 e. The Kier molecular flexibility index (Phi) is 5.25. The van der Waals surface area contributed by atoms with E-state index in [0.29, 0.717) is 39.8 Å². The number of anilines is 1. The predicted molar refractivity (Wildman–Crippen MR) is 128 cm³/mol. The van der Waals surface area contributed by atoms with Gasteiger partial charge in [0, 0.05) is 6.07 Å². The highest BCUT2D eigenvalue weighted by Crippen LogP contribution is 2.42. The molecule has 1 atom stereocenters. The van der Waals surface area contributed by atoms with Crippen LogP contribution in [0, 0.1) is 0 Å². The highest BCUT2D eigenvalue weighted by molar-refractivity contribution is 7.15. The molecule has 3 heterocycles. The zero-order valence-electron chi connectivity index (χ0n) is 18.8. The zero-order valence-corrected chi connectivity index (χ0v) is 19.6. The van der Waals surface area contributed by atoms with Gasteiger partial charge in [0.15, 0.2) is 5.43 Å². The Morgan fingerprint density at radius 1 is 1.12 bits per heavy atom. The van der Waals surface area contributed by atoms with E-state index in [4.69, 9.17) is 9.15 Å². The summed E-state index contributed by atoms with van der Waals surface area (Å²) in [4.78, 5) is 28.8. The van der Waals surface area contributed by atoms with Crippen LogP contribution in [0.5, 0.6) is 5.75 Å². The maximum Gasteiger partial charge on any atom is 0.297 e. The fourth-order valence-electron chi connectivity index (χ4n) is 4.14. The molecular formula is C25H23N3O4S. The first-order chi connectivity index (χ1) is 15.9. The monoisotopic (exact) mass is 461 g/mol. The summed E-state index contributed by atoms with van der Waals surface area (Å²) in [5.74, 6) is 0.549. The maximum atomic E-state index is 13.7. The predicted octanol–water partition coefficient (Wildman–Crippen LogP) is 5.09. The van der Waals surface area contributed by atoms with Crippen LogP contribution in [0.1, 0.15) is 65.0 Å². The van der Waals surface area contributed by atoms with Crippen LogP contribution in [-0.2, 0) is 6.42 Å². The molecule has 0 spiro atoms. The first-order valence-corrected chi connectivity index (χ1v) is 11.6. The van der Waals surface area contributed by atoms with E-state index >= 15 is 0 Å². The van der Waals surface area contributed by atoms with Crippen LogP contribution in [0.2, 0.25) is 0 Å². The molecule has 7 nitrogen and oxygen atoms in total. The summed E-state index contributed by atoms with van der Waals surface area (Å²) in [5.41, 5.74) is 2.40. The van der Waals surface area contributed by atoms with Crippen molar-refractivity contribution in [3.63, 3.8) is 0 Å². The normalized spacial score (nSPS) is 15.5. The molecule has 33 heavy (non-hydrogen) atoms. The van der Waals surface area contributed by atoms with Gasteiger partial charge in [-0.05, 0) is 35.6 Å². The number of aryl methyl sites for hydroxylation is 1. The average molecular weight is 462 g/mol. The van der Waals surface area contributed by atoms with Crippen molar-refractivity contribution in [1.29, 1.82) is 0 Å². The number of hydrogen-bond donors (Lipinski definition) is 0. The van der Waals surface area contributed by atoms with E-state index < -0.39 is 11.9 Å². The fourth-order valence-corrected chi connectivity index (χ4v) is 4.94. The van der Waals surface area contributed by atoms with Crippen molar-refractivity contribution in [2.45, 2.75) is 39.2 Å². The number of carbonyl (C=O) groups is 1. The number of fused-ring (bicyclic) bond motifs is 2. The first-order valence-electron chi connectivity index (χ1n) is 10.8. The van der Waals surface area contributed by atoms with Gasteiger partial charge in [0.25, 0.3) is 5.91 Å². The van der Waals surface area contributed by atoms with Gasteiger partial charge in [-0.15, -0.1) is 10.2 Å². The summed E-state index contributed by atoms with van der Waals surface area (Å²) in [6.45, 7) is 6.23. The molecule has 0 N–H and O–H groups in total. The number of methoxy groups -OCH3 is 1. The molecule has 2 aromatic carbocycles. The second kappa shape index (κ2) is 8.12. The average Bonchev–Trinajstić information content (AvgIpc) is 3.41. The number of rotatable bonds is 5. The van der Waals surface area contributed by atoms with E-state index in [9.17, 15) is 9.59 Å². The molecule has 4 aromatic rings. The van der Waals surface area contributed by atoms with Crippen LogP contribution >= 0.6 is 11.3 Å². The lowest BCUT2D eigenvalue weighted by Gasteiger charge is -2.22. The molecule has 0 radical (unpaired) electrons. The topological polar surface area (TPSA) is 85.5 Å². The summed E-state index contributed by atoms with van der Waals surface area (Å²) in [6, 6.07) is 12.4. The van der Waals surface area contributed by atoms with Crippen molar-refractivity contribution in [2.24, 2.45) is 0 Å². The SMILES string of the molecule is CCc1nnc(N2C(=O)c3oc4cc(OC)ccc4c(=O)c3C2c2ccc(C(C)C)cc2)s1. The number of aromatic nitrogens is 2. The van der Waals surface area contributed by atoms with Gasteiger partial charge in [0.2, 0.25) is 10.9 Å². The number of carbonyl (C=O) groups excluding carboxylic acids is 1. The van der Waals surface area contributed by atoms with Crippen molar-refractivity contribution >= 4 is 33.3 Å². The second-order valence-electron chi connectivity index (χ2n) is 8.27. The molecule has 1 unspecified atom stereocenters. The van der Waals surface area contributed by atoms with Crippen LogP contribution < -0.4 is 15.1 Å². The first kappa shape index (κ1) is 21.3. The van der Waals surface area contributed by atoms with Crippen molar-refractivity contribution in [3.8, 4) is 5.75 Å². The third-order valence-electron chi connectivity index (χ3n) is 5.96. The van der Waals surface area contributed by atoms with Crippen LogP contribution in [0.15, 0.2) is 51.7 Å². The molecule has 0 bridgehead atoms. The zero-order chi connectivity index (χ0) is 23.3. The number of amides is 1. The van der Waals surface area contributed by atoms with Crippen LogP contribution in [0.4, 0.5) is 5.13 Å². The molecule has 1 amide bonds. The molecular weight excluding hydrogens is 438 g/mol. The van der Waals surface area contributed by atoms with Crippen LogP contribution in [0.3, 0.4) is 0 Å². The van der Waals surface area contributed by atoms with E-state index in [-0.39, 0.29) is 11.2 Å². The minimum Gasteiger partial charge on any atom is -0.497 e. The summed E-state index contributed by atoms with van der Waals surface area (Å²) >= 11 is 1.35. The maximum absolute atomic E-state index is 13.7. The lowest BCUT2D eigenvalue weighted by molar-refractivity contribution is 0.0970. The van der Waals surface area contributed by atoms with Crippen LogP contribution in [-0.4, -0.2) is 23.2 Å². The molecule has 0 aliphatic carbocycles. The minimum absolute atomic E-state index is 0.0342. The number of ether oxygens (including phenoxy) is 1. The summed E-state index contributed by atoms with van der Waals surface area (Å²) in [6.07, 6.45) is 0.710. The molecule has 2 aromatic heterocycles. The Hall–Kier alpha value is -3.52. The van der Waals surface area contributed by atoms with Crippen molar-refractivity contribution in [2.75, 3.05) is 12.0 Å². The van der Waals surface area contributed by atoms with Gasteiger partial charge in [-0.25, -0.2) is 0 Å². The highest BCUT2D eigenvalue weighted by atomic mass is 32.1. The molecule has 5 rings (SSSR count). The summed E-state index contributed by atoms with van der Waals surface area (Å²) in [5, 5.41) is 10.1. The highest BCUT2D eigenvalue weighted by Gasteiger charge is 2.45. The Balaban J connectivity index is 1.75. The Labute approximate surface area is 194 Å². The number of benzene rings is 2. The smallest absolute Gasteiger partial charge is 0.297 e. The molecule has 8 heteroatoms. The summed E-state index contributed by atoms with van der Waals surface area (Å²) in [7, 11) is 1.54. The second-order valence-corrected chi connectivity index (χ2v) is 9.31. The standard InChI is InChI=1S/C25H23N3O4S/c1-5-19-26-27-25(33-19)28-21(15-8-6-14(7-9-15)13(2)3)20-22(29)17-11-10-16(31-4)12-18(17)32-23(20)24(28)30/h6-13,21H,5H2,1-4H3. The van der Waals surface area contributed by atoms with Gasteiger partial charge >= 0.3 is 0 Å². The Morgan fingerprint density at radius 3 is 2.52 bits per heavy atom. The van der Waals surface area contributed by atoms with E-state index in [1.165, 1.54) is 28.9 Å². The van der Waals surface area contributed by atoms with Crippen LogP contribution in [0.25, 0.3) is 11.0 Å². The molecule has 0 saturated heterocycles. The number of nitrogens with zero attached hydrogens (tertiary/aromatic N) is 3. The molecule has 1 aliphatic heterocycles. The quantitative estimate of drug-likeness (QED) is 0.412. The van der Waals surface area contributed by atoms with Gasteiger partial charge < -0.3 is 9.15 Å². The van der Waals surface area contributed by atoms with Gasteiger partial charge in [-0.2, -0.15) is 0 Å². The van der Waals surface area contributed by atoms with E-state index in [1.807, 2.05) is 31.2 Å². The Bertz CT molecular complexity index is 1420. The minimum atomic E-state index is -0.644. The van der Waals surface area contributed by atoms with Crippen molar-refractivity contribution < 1.29 is 13.9 Å². The fraction of sp³-hybridized carbons (Fsp3) is 0.280. The van der Waals surface area contributed by atoms with Gasteiger partial charge in [0.05, 0.1) is 24.1 Å².